The lowest BCUT2D eigenvalue weighted by atomic mass is 10.2. The average molecular weight is 300 g/mol. The van der Waals surface area contributed by atoms with Crippen molar-refractivity contribution >= 4 is 6.29 Å². The first-order valence-electron chi connectivity index (χ1n) is 6.80. The zero-order valence-electron chi connectivity index (χ0n) is 12.2. The Bertz CT molecular complexity index is 658. The van der Waals surface area contributed by atoms with E-state index in [1.165, 1.54) is 4.68 Å². The molecule has 0 fully saturated rings. The molecule has 0 radical (unpaired) electrons. The van der Waals surface area contributed by atoms with Crippen LogP contribution in [0, 0.1) is 11.3 Å². The van der Waals surface area contributed by atoms with Gasteiger partial charge in [0.05, 0.1) is 25.5 Å². The number of aromatic nitrogens is 3. The van der Waals surface area contributed by atoms with Crippen LogP contribution in [0.2, 0.25) is 0 Å². The third kappa shape index (κ3) is 3.82. The standard InChI is InChI=1S/C15H16N4O3/c1-21-12-4-6-13(7-5-12)22-10-2-3-15-14(11-20)17-18-19(15)9-8-16/h4-7,11H,2-3,9-10H2,1H3. The van der Waals surface area contributed by atoms with Gasteiger partial charge >= 0.3 is 0 Å². The highest BCUT2D eigenvalue weighted by Gasteiger charge is 2.11. The molecule has 0 atom stereocenters. The lowest BCUT2D eigenvalue weighted by Gasteiger charge is -2.07. The number of carbonyl (C=O) groups is 1. The summed E-state index contributed by atoms with van der Waals surface area (Å²) in [6.07, 6.45) is 1.91. The third-order valence-electron chi connectivity index (χ3n) is 3.09. The number of hydrogen-bond acceptors (Lipinski definition) is 6. The van der Waals surface area contributed by atoms with E-state index in [4.69, 9.17) is 14.7 Å². The van der Waals surface area contributed by atoms with Crippen molar-refractivity contribution < 1.29 is 14.3 Å². The molecule has 0 unspecified atom stereocenters. The number of hydrogen-bond donors (Lipinski definition) is 0. The Kier molecular flexibility index (Phi) is 5.49. The van der Waals surface area contributed by atoms with E-state index in [0.717, 1.165) is 11.5 Å². The molecule has 7 nitrogen and oxygen atoms in total. The molecular weight excluding hydrogens is 284 g/mol. The second kappa shape index (κ2) is 7.78. The monoisotopic (exact) mass is 300 g/mol. The molecule has 0 bridgehead atoms. The number of nitriles is 1. The number of rotatable bonds is 8. The van der Waals surface area contributed by atoms with Crippen LogP contribution >= 0.6 is 0 Å². The molecule has 7 heteroatoms. The van der Waals surface area contributed by atoms with Crippen molar-refractivity contribution in [1.82, 2.24) is 15.0 Å². The molecule has 0 aliphatic heterocycles. The lowest BCUT2D eigenvalue weighted by Crippen LogP contribution is -2.07. The summed E-state index contributed by atoms with van der Waals surface area (Å²) < 4.78 is 12.1. The minimum absolute atomic E-state index is 0.0789. The normalized spacial score (nSPS) is 10.0. The highest BCUT2D eigenvalue weighted by atomic mass is 16.5. The maximum Gasteiger partial charge on any atom is 0.172 e. The first-order valence-corrected chi connectivity index (χ1v) is 6.80. The minimum atomic E-state index is 0.0789. The lowest BCUT2D eigenvalue weighted by molar-refractivity contribution is 0.111. The molecule has 1 aromatic carbocycles. The zero-order chi connectivity index (χ0) is 15.8. The van der Waals surface area contributed by atoms with Crippen LogP contribution in [0.3, 0.4) is 0 Å². The van der Waals surface area contributed by atoms with E-state index < -0.39 is 0 Å². The first kappa shape index (κ1) is 15.5. The van der Waals surface area contributed by atoms with Gasteiger partial charge in [-0.15, -0.1) is 5.10 Å². The fourth-order valence-corrected chi connectivity index (χ4v) is 1.99. The van der Waals surface area contributed by atoms with E-state index in [-0.39, 0.29) is 12.2 Å². The van der Waals surface area contributed by atoms with Gasteiger partial charge in [0.1, 0.15) is 23.7 Å². The molecule has 0 saturated carbocycles. The second-order valence-electron chi connectivity index (χ2n) is 4.48. The van der Waals surface area contributed by atoms with Gasteiger partial charge in [-0.1, -0.05) is 5.21 Å². The van der Waals surface area contributed by atoms with Crippen LogP contribution in [-0.2, 0) is 13.0 Å². The van der Waals surface area contributed by atoms with Crippen LogP contribution in [0.25, 0.3) is 0 Å². The van der Waals surface area contributed by atoms with Crippen molar-refractivity contribution in [3.63, 3.8) is 0 Å². The molecule has 0 aliphatic rings. The Balaban J connectivity index is 1.87. The summed E-state index contributed by atoms with van der Waals surface area (Å²) in [5.41, 5.74) is 0.939. The first-order chi connectivity index (χ1) is 10.8. The highest BCUT2D eigenvalue weighted by Crippen LogP contribution is 2.17. The van der Waals surface area contributed by atoms with Crippen molar-refractivity contribution in [3.05, 3.63) is 35.7 Å². The van der Waals surface area contributed by atoms with Crippen LogP contribution in [-0.4, -0.2) is 35.0 Å². The third-order valence-corrected chi connectivity index (χ3v) is 3.09. The Hall–Kier alpha value is -2.88. The van der Waals surface area contributed by atoms with Crippen molar-refractivity contribution in [2.75, 3.05) is 13.7 Å². The van der Waals surface area contributed by atoms with Gasteiger partial charge in [-0.2, -0.15) is 5.26 Å². The summed E-state index contributed by atoms with van der Waals surface area (Å²) in [5.74, 6) is 1.52. The summed E-state index contributed by atoms with van der Waals surface area (Å²) in [6.45, 7) is 0.567. The van der Waals surface area contributed by atoms with Gasteiger partial charge in [-0.3, -0.25) is 4.79 Å². The topological polar surface area (TPSA) is 90.0 Å². The summed E-state index contributed by atoms with van der Waals surface area (Å²) in [6, 6.07) is 9.30. The number of methoxy groups -OCH3 is 1. The predicted octanol–water partition coefficient (Wildman–Crippen LogP) is 1.63. The molecule has 0 N–H and O–H groups in total. The predicted molar refractivity (Wildman–Crippen MR) is 77.8 cm³/mol. The fraction of sp³-hybridized carbons (Fsp3) is 0.333. The summed E-state index contributed by atoms with van der Waals surface area (Å²) in [7, 11) is 1.61. The molecule has 0 aliphatic carbocycles. The fourth-order valence-electron chi connectivity index (χ4n) is 1.99. The minimum Gasteiger partial charge on any atom is -0.497 e. The summed E-state index contributed by atoms with van der Waals surface area (Å²) in [4.78, 5) is 10.9. The van der Waals surface area contributed by atoms with Crippen LogP contribution < -0.4 is 9.47 Å². The molecule has 0 spiro atoms. The zero-order valence-corrected chi connectivity index (χ0v) is 12.2. The molecule has 22 heavy (non-hydrogen) atoms. The van der Waals surface area contributed by atoms with Crippen LogP contribution in [0.15, 0.2) is 24.3 Å². The smallest absolute Gasteiger partial charge is 0.172 e. The summed E-state index contributed by atoms with van der Waals surface area (Å²) >= 11 is 0. The van der Waals surface area contributed by atoms with Crippen molar-refractivity contribution in [1.29, 1.82) is 5.26 Å². The van der Waals surface area contributed by atoms with Crippen LogP contribution in [0.5, 0.6) is 11.5 Å². The van der Waals surface area contributed by atoms with Gasteiger partial charge in [0, 0.05) is 0 Å². The van der Waals surface area contributed by atoms with Gasteiger partial charge in [0.25, 0.3) is 0 Å². The van der Waals surface area contributed by atoms with Gasteiger partial charge in [0.15, 0.2) is 6.29 Å². The number of benzene rings is 1. The Morgan fingerprint density at radius 3 is 2.68 bits per heavy atom. The molecule has 0 amide bonds. The van der Waals surface area contributed by atoms with Crippen LogP contribution in [0.1, 0.15) is 22.6 Å². The maximum atomic E-state index is 10.9. The molecule has 1 aromatic heterocycles. The van der Waals surface area contributed by atoms with Crippen molar-refractivity contribution in [2.24, 2.45) is 0 Å². The molecule has 2 aromatic rings. The quantitative estimate of drug-likeness (QED) is 0.543. The Morgan fingerprint density at radius 1 is 1.32 bits per heavy atom. The highest BCUT2D eigenvalue weighted by molar-refractivity contribution is 5.73. The van der Waals surface area contributed by atoms with Gasteiger partial charge in [0.2, 0.25) is 0 Å². The van der Waals surface area contributed by atoms with E-state index in [0.29, 0.717) is 31.4 Å². The van der Waals surface area contributed by atoms with E-state index in [1.54, 1.807) is 7.11 Å². The molecular formula is C15H16N4O3. The van der Waals surface area contributed by atoms with E-state index >= 15 is 0 Å². The second-order valence-corrected chi connectivity index (χ2v) is 4.48. The van der Waals surface area contributed by atoms with E-state index in [9.17, 15) is 4.79 Å². The Labute approximate surface area is 128 Å². The van der Waals surface area contributed by atoms with Gasteiger partial charge < -0.3 is 9.47 Å². The van der Waals surface area contributed by atoms with E-state index in [1.807, 2.05) is 30.3 Å². The number of carbonyl (C=O) groups excluding carboxylic acids is 1. The van der Waals surface area contributed by atoms with Gasteiger partial charge in [-0.25, -0.2) is 4.68 Å². The van der Waals surface area contributed by atoms with Gasteiger partial charge in [-0.05, 0) is 37.1 Å². The Morgan fingerprint density at radius 2 is 2.05 bits per heavy atom. The average Bonchev–Trinajstić information content (AvgIpc) is 2.94. The van der Waals surface area contributed by atoms with Crippen LogP contribution in [0.4, 0.5) is 0 Å². The molecule has 2 rings (SSSR count). The number of nitrogens with zero attached hydrogens (tertiary/aromatic N) is 4. The number of aldehydes is 1. The summed E-state index contributed by atoms with van der Waals surface area (Å²) in [5, 5.41) is 16.3. The maximum absolute atomic E-state index is 10.9. The largest absolute Gasteiger partial charge is 0.497 e. The van der Waals surface area contributed by atoms with E-state index in [2.05, 4.69) is 10.3 Å². The van der Waals surface area contributed by atoms with Crippen molar-refractivity contribution in [3.8, 4) is 17.6 Å². The molecule has 114 valence electrons. The SMILES string of the molecule is COc1ccc(OCCCc2c(C=O)nnn2CC#N)cc1. The number of ether oxygens (including phenoxy) is 2. The molecule has 1 heterocycles. The van der Waals surface area contributed by atoms with Crippen molar-refractivity contribution in [2.45, 2.75) is 19.4 Å². The molecule has 0 saturated heterocycles.